The lowest BCUT2D eigenvalue weighted by molar-refractivity contribution is -0.0498. The zero-order chi connectivity index (χ0) is 15.2. The van der Waals surface area contributed by atoms with Crippen molar-refractivity contribution in [3.05, 3.63) is 59.4 Å². The Morgan fingerprint density at radius 3 is 2.38 bits per heavy atom. The Bertz CT molecular complexity index is 555. The molecule has 1 unspecified atom stereocenters. The molecule has 2 rings (SSSR count). The van der Waals surface area contributed by atoms with Crippen molar-refractivity contribution in [1.82, 2.24) is 4.98 Å². The standard InChI is InChI=1S/C16H17F2NO2/c1-2-11-3-6-13(19-10-11)9-15(20)12-4-7-14(8-5-12)21-16(17)18/h3-8,10,15-16,20H,2,9H2,1H3. The minimum absolute atomic E-state index is 0.0753. The van der Waals surface area contributed by atoms with Gasteiger partial charge in [0.2, 0.25) is 0 Å². The lowest BCUT2D eigenvalue weighted by Crippen LogP contribution is -2.05. The topological polar surface area (TPSA) is 42.4 Å². The second kappa shape index (κ2) is 7.13. The van der Waals surface area contributed by atoms with Crippen LogP contribution in [0.2, 0.25) is 0 Å². The third-order valence-electron chi connectivity index (χ3n) is 3.19. The number of alkyl halides is 2. The normalized spacial score (nSPS) is 12.4. The molecule has 0 fully saturated rings. The Balaban J connectivity index is 2.00. The largest absolute Gasteiger partial charge is 0.435 e. The number of aromatic nitrogens is 1. The molecule has 112 valence electrons. The smallest absolute Gasteiger partial charge is 0.387 e. The maximum Gasteiger partial charge on any atom is 0.387 e. The summed E-state index contributed by atoms with van der Waals surface area (Å²) in [6.45, 7) is -0.795. The number of hydrogen-bond acceptors (Lipinski definition) is 3. The quantitative estimate of drug-likeness (QED) is 0.886. The first kappa shape index (κ1) is 15.4. The van der Waals surface area contributed by atoms with Crippen LogP contribution in [0.25, 0.3) is 0 Å². The van der Waals surface area contributed by atoms with E-state index >= 15 is 0 Å². The highest BCUT2D eigenvalue weighted by atomic mass is 19.3. The Labute approximate surface area is 122 Å². The summed E-state index contributed by atoms with van der Waals surface area (Å²) >= 11 is 0. The molecule has 0 aliphatic heterocycles. The molecule has 1 aromatic carbocycles. The number of aliphatic hydroxyl groups is 1. The van der Waals surface area contributed by atoms with Crippen molar-refractivity contribution in [3.8, 4) is 5.75 Å². The molecule has 5 heteroatoms. The second-order valence-electron chi connectivity index (χ2n) is 4.68. The van der Waals surface area contributed by atoms with Crippen LogP contribution in [-0.4, -0.2) is 16.7 Å². The molecule has 2 aromatic rings. The summed E-state index contributed by atoms with van der Waals surface area (Å²) < 4.78 is 28.4. The van der Waals surface area contributed by atoms with Gasteiger partial charge in [-0.2, -0.15) is 8.78 Å². The van der Waals surface area contributed by atoms with Gasteiger partial charge in [0.1, 0.15) is 5.75 Å². The molecule has 0 spiro atoms. The summed E-state index contributed by atoms with van der Waals surface area (Å²) in [6, 6.07) is 9.84. The summed E-state index contributed by atoms with van der Waals surface area (Å²) in [5, 5.41) is 10.1. The number of aliphatic hydroxyl groups excluding tert-OH is 1. The number of pyridine rings is 1. The predicted molar refractivity (Wildman–Crippen MR) is 75.4 cm³/mol. The fourth-order valence-electron chi connectivity index (χ4n) is 1.97. The maximum absolute atomic E-state index is 12.0. The van der Waals surface area contributed by atoms with Crippen molar-refractivity contribution in [1.29, 1.82) is 0 Å². The van der Waals surface area contributed by atoms with Gasteiger partial charge in [0.15, 0.2) is 0 Å². The van der Waals surface area contributed by atoms with Crippen LogP contribution in [0.3, 0.4) is 0 Å². The van der Waals surface area contributed by atoms with Gasteiger partial charge >= 0.3 is 6.61 Å². The first-order chi connectivity index (χ1) is 10.1. The molecule has 0 amide bonds. The number of rotatable bonds is 6. The van der Waals surface area contributed by atoms with Crippen molar-refractivity contribution in [2.75, 3.05) is 0 Å². The summed E-state index contributed by atoms with van der Waals surface area (Å²) in [6.07, 6.45) is 2.35. The first-order valence-corrected chi connectivity index (χ1v) is 6.75. The Kier molecular flexibility index (Phi) is 5.22. The van der Waals surface area contributed by atoms with E-state index in [4.69, 9.17) is 0 Å². The monoisotopic (exact) mass is 293 g/mol. The fraction of sp³-hybridized carbons (Fsp3) is 0.312. The van der Waals surface area contributed by atoms with Crippen LogP contribution < -0.4 is 4.74 Å². The van der Waals surface area contributed by atoms with E-state index in [1.165, 1.54) is 12.1 Å². The molecule has 1 heterocycles. The van der Waals surface area contributed by atoms with E-state index < -0.39 is 12.7 Å². The molecule has 0 aliphatic rings. The van der Waals surface area contributed by atoms with Crippen molar-refractivity contribution in [3.63, 3.8) is 0 Å². The van der Waals surface area contributed by atoms with Crippen molar-refractivity contribution < 1.29 is 18.6 Å². The molecular weight excluding hydrogens is 276 g/mol. The number of hydrogen-bond donors (Lipinski definition) is 1. The van der Waals surface area contributed by atoms with Gasteiger partial charge in [0, 0.05) is 18.3 Å². The van der Waals surface area contributed by atoms with E-state index in [2.05, 4.69) is 16.6 Å². The molecule has 0 bridgehead atoms. The van der Waals surface area contributed by atoms with Crippen LogP contribution in [0, 0.1) is 0 Å². The first-order valence-electron chi connectivity index (χ1n) is 6.75. The number of halogens is 2. The van der Waals surface area contributed by atoms with E-state index in [9.17, 15) is 13.9 Å². The average Bonchev–Trinajstić information content (AvgIpc) is 2.48. The van der Waals surface area contributed by atoms with E-state index in [-0.39, 0.29) is 5.75 Å². The van der Waals surface area contributed by atoms with Crippen LogP contribution in [0.1, 0.15) is 29.8 Å². The van der Waals surface area contributed by atoms with Gasteiger partial charge in [-0.05, 0) is 35.7 Å². The molecular formula is C16H17F2NO2. The third-order valence-corrected chi connectivity index (χ3v) is 3.19. The number of aryl methyl sites for hydroxylation is 1. The Morgan fingerprint density at radius 2 is 1.86 bits per heavy atom. The summed E-state index contributed by atoms with van der Waals surface area (Å²) in [4.78, 5) is 4.29. The van der Waals surface area contributed by atoms with Crippen LogP contribution >= 0.6 is 0 Å². The van der Waals surface area contributed by atoms with Gasteiger partial charge < -0.3 is 9.84 Å². The van der Waals surface area contributed by atoms with Gasteiger partial charge in [-0.25, -0.2) is 0 Å². The van der Waals surface area contributed by atoms with Gasteiger partial charge in [-0.3, -0.25) is 4.98 Å². The molecule has 3 nitrogen and oxygen atoms in total. The van der Waals surface area contributed by atoms with E-state index in [0.717, 1.165) is 17.7 Å². The molecule has 0 aliphatic carbocycles. The Morgan fingerprint density at radius 1 is 1.14 bits per heavy atom. The van der Waals surface area contributed by atoms with E-state index in [0.29, 0.717) is 12.0 Å². The van der Waals surface area contributed by atoms with Gasteiger partial charge in [0.05, 0.1) is 6.10 Å². The molecule has 21 heavy (non-hydrogen) atoms. The van der Waals surface area contributed by atoms with E-state index in [1.807, 2.05) is 12.1 Å². The van der Waals surface area contributed by atoms with Gasteiger partial charge in [-0.1, -0.05) is 25.1 Å². The molecule has 1 atom stereocenters. The van der Waals surface area contributed by atoms with Crippen molar-refractivity contribution in [2.24, 2.45) is 0 Å². The second-order valence-corrected chi connectivity index (χ2v) is 4.68. The maximum atomic E-state index is 12.0. The summed E-state index contributed by atoms with van der Waals surface area (Å²) in [5.41, 5.74) is 2.56. The van der Waals surface area contributed by atoms with E-state index in [1.54, 1.807) is 18.3 Å². The minimum atomic E-state index is -2.85. The lowest BCUT2D eigenvalue weighted by atomic mass is 10.0. The lowest BCUT2D eigenvalue weighted by Gasteiger charge is -2.12. The summed E-state index contributed by atoms with van der Waals surface area (Å²) in [5.74, 6) is 0.0753. The fourth-order valence-corrected chi connectivity index (χ4v) is 1.97. The molecule has 1 N–H and O–H groups in total. The highest BCUT2D eigenvalue weighted by Gasteiger charge is 2.11. The zero-order valence-corrected chi connectivity index (χ0v) is 11.7. The third kappa shape index (κ3) is 4.49. The van der Waals surface area contributed by atoms with Crippen LogP contribution in [0.4, 0.5) is 8.78 Å². The number of nitrogens with zero attached hydrogens (tertiary/aromatic N) is 1. The minimum Gasteiger partial charge on any atom is -0.435 e. The molecule has 0 saturated heterocycles. The van der Waals surface area contributed by atoms with Crippen LogP contribution in [0.5, 0.6) is 5.75 Å². The molecule has 0 radical (unpaired) electrons. The van der Waals surface area contributed by atoms with Crippen LogP contribution in [0.15, 0.2) is 42.6 Å². The van der Waals surface area contributed by atoms with Gasteiger partial charge in [0.25, 0.3) is 0 Å². The van der Waals surface area contributed by atoms with Crippen molar-refractivity contribution in [2.45, 2.75) is 32.5 Å². The van der Waals surface area contributed by atoms with Crippen LogP contribution in [-0.2, 0) is 12.8 Å². The highest BCUT2D eigenvalue weighted by molar-refractivity contribution is 5.29. The molecule has 0 saturated carbocycles. The zero-order valence-electron chi connectivity index (χ0n) is 11.7. The Hall–Kier alpha value is -2.01. The highest BCUT2D eigenvalue weighted by Crippen LogP contribution is 2.21. The average molecular weight is 293 g/mol. The number of benzene rings is 1. The predicted octanol–water partition coefficient (Wildman–Crippen LogP) is 3.52. The van der Waals surface area contributed by atoms with Gasteiger partial charge in [-0.15, -0.1) is 0 Å². The number of ether oxygens (including phenoxy) is 1. The van der Waals surface area contributed by atoms with Crippen molar-refractivity contribution >= 4 is 0 Å². The molecule has 1 aromatic heterocycles. The summed E-state index contributed by atoms with van der Waals surface area (Å²) in [7, 11) is 0. The SMILES string of the molecule is CCc1ccc(CC(O)c2ccc(OC(F)F)cc2)nc1.